The van der Waals surface area contributed by atoms with Crippen molar-refractivity contribution >= 4 is 17.5 Å². The van der Waals surface area contributed by atoms with Crippen molar-refractivity contribution in [1.29, 1.82) is 0 Å². The minimum absolute atomic E-state index is 0.408. The van der Waals surface area contributed by atoms with Gasteiger partial charge in [0.15, 0.2) is 0 Å². The van der Waals surface area contributed by atoms with Crippen LogP contribution in [0.5, 0.6) is 0 Å². The molecule has 0 saturated heterocycles. The molecule has 2 atom stereocenters. The van der Waals surface area contributed by atoms with Crippen LogP contribution in [-0.2, 0) is 14.3 Å². The normalized spacial score (nSPS) is 19.7. The SMILES string of the molecule is CC(C(=O)OC1OC(=O)c2ccccc21)c1ccc(C2=CCCCC2)cc1. The second kappa shape index (κ2) is 7.39. The molecule has 1 aliphatic heterocycles. The smallest absolute Gasteiger partial charge is 0.342 e. The number of carbonyl (C=O) groups excluding carboxylic acids is 2. The van der Waals surface area contributed by atoms with Crippen molar-refractivity contribution in [1.82, 2.24) is 0 Å². The molecule has 2 unspecified atom stereocenters. The molecule has 1 heterocycles. The molecule has 2 aromatic rings. The van der Waals surface area contributed by atoms with Gasteiger partial charge in [-0.2, -0.15) is 0 Å². The lowest BCUT2D eigenvalue weighted by Crippen LogP contribution is -2.17. The van der Waals surface area contributed by atoms with E-state index in [1.54, 1.807) is 31.2 Å². The summed E-state index contributed by atoms with van der Waals surface area (Å²) >= 11 is 0. The van der Waals surface area contributed by atoms with Gasteiger partial charge in [0, 0.05) is 5.56 Å². The fourth-order valence-electron chi connectivity index (χ4n) is 3.63. The van der Waals surface area contributed by atoms with Crippen molar-refractivity contribution in [3.05, 3.63) is 76.9 Å². The minimum atomic E-state index is -0.963. The molecule has 0 radical (unpaired) electrons. The number of ether oxygens (including phenoxy) is 2. The molecule has 4 rings (SSSR count). The zero-order valence-corrected chi connectivity index (χ0v) is 15.3. The molecule has 4 nitrogen and oxygen atoms in total. The average Bonchev–Trinajstić information content (AvgIpc) is 3.04. The van der Waals surface area contributed by atoms with Crippen LogP contribution in [0.2, 0.25) is 0 Å². The second-order valence-electron chi connectivity index (χ2n) is 7.08. The first kappa shape index (κ1) is 17.5. The Hall–Kier alpha value is -2.88. The van der Waals surface area contributed by atoms with Crippen molar-refractivity contribution in [3.63, 3.8) is 0 Å². The molecule has 0 fully saturated rings. The summed E-state index contributed by atoms with van der Waals surface area (Å²) in [6.07, 6.45) is 6.10. The lowest BCUT2D eigenvalue weighted by molar-refractivity contribution is -0.169. The van der Waals surface area contributed by atoms with Crippen LogP contribution in [0.4, 0.5) is 0 Å². The molecule has 2 aliphatic rings. The molecule has 1 aliphatic carbocycles. The van der Waals surface area contributed by atoms with E-state index < -0.39 is 24.1 Å². The third kappa shape index (κ3) is 3.52. The molecule has 0 amide bonds. The number of allylic oxidation sites excluding steroid dienone is 2. The zero-order valence-electron chi connectivity index (χ0n) is 15.3. The van der Waals surface area contributed by atoms with Gasteiger partial charge in [-0.25, -0.2) is 4.79 Å². The van der Waals surface area contributed by atoms with Crippen molar-refractivity contribution < 1.29 is 19.1 Å². The van der Waals surface area contributed by atoms with E-state index in [9.17, 15) is 9.59 Å². The number of esters is 2. The Kier molecular flexibility index (Phi) is 4.80. The molecule has 4 heteroatoms. The van der Waals surface area contributed by atoms with Crippen LogP contribution >= 0.6 is 0 Å². The average molecular weight is 362 g/mol. The predicted molar refractivity (Wildman–Crippen MR) is 102 cm³/mol. The van der Waals surface area contributed by atoms with E-state index in [1.165, 1.54) is 24.0 Å². The second-order valence-corrected chi connectivity index (χ2v) is 7.08. The van der Waals surface area contributed by atoms with Gasteiger partial charge in [0.2, 0.25) is 0 Å². The highest BCUT2D eigenvalue weighted by molar-refractivity contribution is 5.94. The van der Waals surface area contributed by atoms with Gasteiger partial charge < -0.3 is 9.47 Å². The van der Waals surface area contributed by atoms with Crippen molar-refractivity contribution in [2.45, 2.75) is 44.8 Å². The molecular formula is C23H22O4. The van der Waals surface area contributed by atoms with Crippen molar-refractivity contribution in [3.8, 4) is 0 Å². The van der Waals surface area contributed by atoms with Crippen LogP contribution in [0, 0.1) is 0 Å². The van der Waals surface area contributed by atoms with E-state index in [-0.39, 0.29) is 0 Å². The van der Waals surface area contributed by atoms with Gasteiger partial charge in [0.05, 0.1) is 11.5 Å². The van der Waals surface area contributed by atoms with Crippen molar-refractivity contribution in [2.24, 2.45) is 0 Å². The molecular weight excluding hydrogens is 340 g/mol. The summed E-state index contributed by atoms with van der Waals surface area (Å²) in [6, 6.07) is 15.1. The fraction of sp³-hybridized carbons (Fsp3) is 0.304. The number of fused-ring (bicyclic) bond motifs is 1. The Morgan fingerprint density at radius 3 is 2.63 bits per heavy atom. The zero-order chi connectivity index (χ0) is 18.8. The van der Waals surface area contributed by atoms with Gasteiger partial charge >= 0.3 is 11.9 Å². The lowest BCUT2D eigenvalue weighted by atomic mass is 9.92. The first-order valence-corrected chi connectivity index (χ1v) is 9.43. The van der Waals surface area contributed by atoms with Crippen LogP contribution in [0.15, 0.2) is 54.6 Å². The molecule has 27 heavy (non-hydrogen) atoms. The summed E-state index contributed by atoms with van der Waals surface area (Å²) in [5.41, 5.74) is 4.55. The Morgan fingerprint density at radius 1 is 1.11 bits per heavy atom. The molecule has 0 bridgehead atoms. The highest BCUT2D eigenvalue weighted by Gasteiger charge is 2.34. The molecule has 0 spiro atoms. The van der Waals surface area contributed by atoms with Gasteiger partial charge in [-0.3, -0.25) is 4.79 Å². The third-order valence-electron chi connectivity index (χ3n) is 5.30. The number of cyclic esters (lactones) is 1. The van der Waals surface area contributed by atoms with E-state index in [2.05, 4.69) is 18.2 Å². The van der Waals surface area contributed by atoms with Crippen LogP contribution in [0.3, 0.4) is 0 Å². The summed E-state index contributed by atoms with van der Waals surface area (Å²) in [4.78, 5) is 24.4. The summed E-state index contributed by atoms with van der Waals surface area (Å²) in [5, 5.41) is 0. The number of hydrogen-bond acceptors (Lipinski definition) is 4. The third-order valence-corrected chi connectivity index (χ3v) is 5.30. The van der Waals surface area contributed by atoms with Crippen molar-refractivity contribution in [2.75, 3.05) is 0 Å². The maximum Gasteiger partial charge on any atom is 0.342 e. The minimum Gasteiger partial charge on any atom is -0.420 e. The number of benzene rings is 2. The number of carbonyl (C=O) groups is 2. The standard InChI is InChI=1S/C23H22O4/c1-15(16-11-13-18(14-12-16)17-7-3-2-4-8-17)21(24)26-23-20-10-6-5-9-19(20)22(25)27-23/h5-7,9-15,23H,2-4,8H2,1H3. The van der Waals surface area contributed by atoms with Gasteiger partial charge in [0.1, 0.15) is 0 Å². The maximum atomic E-state index is 12.6. The fourth-order valence-corrected chi connectivity index (χ4v) is 3.63. The van der Waals surface area contributed by atoms with Crippen LogP contribution in [0.1, 0.15) is 71.9 Å². The molecule has 0 aromatic heterocycles. The van der Waals surface area contributed by atoms with E-state index in [0.29, 0.717) is 11.1 Å². The van der Waals surface area contributed by atoms with Gasteiger partial charge in [-0.05, 0) is 55.4 Å². The lowest BCUT2D eigenvalue weighted by Gasteiger charge is -2.17. The Bertz CT molecular complexity index is 895. The predicted octanol–water partition coefficient (Wildman–Crippen LogP) is 5.16. The first-order valence-electron chi connectivity index (χ1n) is 9.43. The highest BCUT2D eigenvalue weighted by Crippen LogP contribution is 2.33. The highest BCUT2D eigenvalue weighted by atomic mass is 16.7. The summed E-state index contributed by atoms with van der Waals surface area (Å²) in [5.74, 6) is -1.30. The van der Waals surface area contributed by atoms with E-state index in [0.717, 1.165) is 18.4 Å². The van der Waals surface area contributed by atoms with Gasteiger partial charge in [-0.1, -0.05) is 48.5 Å². The Labute approximate surface area is 158 Å². The Morgan fingerprint density at radius 2 is 1.89 bits per heavy atom. The Balaban J connectivity index is 1.45. The van der Waals surface area contributed by atoms with Gasteiger partial charge in [-0.15, -0.1) is 0 Å². The quantitative estimate of drug-likeness (QED) is 0.705. The van der Waals surface area contributed by atoms with Crippen LogP contribution in [0.25, 0.3) is 5.57 Å². The molecule has 2 aromatic carbocycles. The topological polar surface area (TPSA) is 52.6 Å². The van der Waals surface area contributed by atoms with E-state index >= 15 is 0 Å². The number of rotatable bonds is 4. The van der Waals surface area contributed by atoms with Crippen LogP contribution < -0.4 is 0 Å². The van der Waals surface area contributed by atoms with Crippen LogP contribution in [-0.4, -0.2) is 11.9 Å². The number of hydrogen-bond donors (Lipinski definition) is 0. The van der Waals surface area contributed by atoms with Gasteiger partial charge in [0.25, 0.3) is 6.29 Å². The maximum absolute atomic E-state index is 12.6. The summed E-state index contributed by atoms with van der Waals surface area (Å²) in [7, 11) is 0. The molecule has 0 saturated carbocycles. The first-order chi connectivity index (χ1) is 13.1. The monoisotopic (exact) mass is 362 g/mol. The molecule has 138 valence electrons. The molecule has 0 N–H and O–H groups in total. The van der Waals surface area contributed by atoms with E-state index in [4.69, 9.17) is 9.47 Å². The summed E-state index contributed by atoms with van der Waals surface area (Å²) in [6.45, 7) is 1.81. The largest absolute Gasteiger partial charge is 0.420 e. The summed E-state index contributed by atoms with van der Waals surface area (Å²) < 4.78 is 10.7. The van der Waals surface area contributed by atoms with E-state index in [1.807, 2.05) is 12.1 Å².